The van der Waals surface area contributed by atoms with Gasteiger partial charge in [-0.1, -0.05) is 50.2 Å². The van der Waals surface area contributed by atoms with Crippen molar-refractivity contribution in [3.8, 4) is 0 Å². The highest BCUT2D eigenvalue weighted by molar-refractivity contribution is 5.84. The highest BCUT2D eigenvalue weighted by Crippen LogP contribution is 2.23. The van der Waals surface area contributed by atoms with Gasteiger partial charge in [0.1, 0.15) is 0 Å². The predicted octanol–water partition coefficient (Wildman–Crippen LogP) is 3.52. The second-order valence-corrected chi connectivity index (χ2v) is 5.92. The second kappa shape index (κ2) is 7.07. The summed E-state index contributed by atoms with van der Waals surface area (Å²) in [6, 6.07) is 13.2. The molecule has 0 unspecified atom stereocenters. The van der Waals surface area contributed by atoms with Crippen molar-refractivity contribution in [2.24, 2.45) is 5.92 Å². The molecule has 0 aromatic heterocycles. The van der Waals surface area contributed by atoms with Gasteiger partial charge in [0.15, 0.2) is 0 Å². The van der Waals surface area contributed by atoms with Crippen LogP contribution in [0.4, 0.5) is 0 Å². The maximum absolute atomic E-state index is 12.0. The van der Waals surface area contributed by atoms with Gasteiger partial charge in [-0.25, -0.2) is 0 Å². The molecule has 4 heteroatoms. The third-order valence-corrected chi connectivity index (χ3v) is 3.48. The van der Waals surface area contributed by atoms with Gasteiger partial charge in [-0.2, -0.15) is 0 Å². The Bertz CT molecular complexity index is 679. The van der Waals surface area contributed by atoms with Gasteiger partial charge in [-0.15, -0.1) is 0 Å². The molecule has 0 saturated carbocycles. The van der Waals surface area contributed by atoms with E-state index in [1.54, 1.807) is 0 Å². The van der Waals surface area contributed by atoms with Gasteiger partial charge in [0.2, 0.25) is 5.91 Å². The van der Waals surface area contributed by atoms with Gasteiger partial charge in [-0.3, -0.25) is 9.59 Å². The summed E-state index contributed by atoms with van der Waals surface area (Å²) in [6.45, 7) is 3.92. The zero-order chi connectivity index (χ0) is 16.1. The van der Waals surface area contributed by atoms with E-state index in [1.165, 1.54) is 0 Å². The van der Waals surface area contributed by atoms with E-state index in [-0.39, 0.29) is 18.2 Å². The Kier molecular flexibility index (Phi) is 5.15. The Morgan fingerprint density at radius 3 is 2.36 bits per heavy atom. The number of aliphatic carboxylic acids is 1. The molecule has 2 rings (SSSR count). The molecule has 0 spiro atoms. The minimum atomic E-state index is -0.928. The average Bonchev–Trinajstić information content (AvgIpc) is 2.44. The van der Waals surface area contributed by atoms with Gasteiger partial charge in [0.25, 0.3) is 0 Å². The van der Waals surface area contributed by atoms with Crippen molar-refractivity contribution in [2.75, 3.05) is 0 Å². The Labute approximate surface area is 130 Å². The van der Waals surface area contributed by atoms with Gasteiger partial charge in [0, 0.05) is 6.42 Å². The van der Waals surface area contributed by atoms with E-state index in [1.807, 2.05) is 56.3 Å². The molecule has 2 N–H and O–H groups in total. The lowest BCUT2D eigenvalue weighted by Crippen LogP contribution is -2.30. The summed E-state index contributed by atoms with van der Waals surface area (Å²) < 4.78 is 0. The van der Waals surface area contributed by atoms with Crippen molar-refractivity contribution >= 4 is 22.6 Å². The molecule has 0 aliphatic heterocycles. The van der Waals surface area contributed by atoms with Crippen molar-refractivity contribution in [1.82, 2.24) is 5.32 Å². The first kappa shape index (κ1) is 16.0. The van der Waals surface area contributed by atoms with Crippen molar-refractivity contribution in [2.45, 2.75) is 32.7 Å². The van der Waals surface area contributed by atoms with Crippen LogP contribution >= 0.6 is 0 Å². The first-order valence-corrected chi connectivity index (χ1v) is 7.45. The Morgan fingerprint density at radius 1 is 1.05 bits per heavy atom. The largest absolute Gasteiger partial charge is 0.481 e. The fraction of sp³-hybridized carbons (Fsp3) is 0.333. The maximum atomic E-state index is 12.0. The van der Waals surface area contributed by atoms with Gasteiger partial charge < -0.3 is 10.4 Å². The first-order chi connectivity index (χ1) is 10.5. The second-order valence-electron chi connectivity index (χ2n) is 5.92. The SMILES string of the molecule is CC(C)CC(=O)N[C@@H](CC(=O)O)c1ccc2ccccc2c1. The summed E-state index contributed by atoms with van der Waals surface area (Å²) >= 11 is 0. The zero-order valence-electron chi connectivity index (χ0n) is 12.9. The molecule has 1 atom stereocenters. The Hall–Kier alpha value is -2.36. The number of amides is 1. The van der Waals surface area contributed by atoms with E-state index >= 15 is 0 Å². The van der Waals surface area contributed by atoms with E-state index in [2.05, 4.69) is 5.32 Å². The molecule has 0 aliphatic carbocycles. The summed E-state index contributed by atoms with van der Waals surface area (Å²) in [5.41, 5.74) is 0.818. The number of nitrogens with one attached hydrogen (secondary N) is 1. The number of benzene rings is 2. The predicted molar refractivity (Wildman–Crippen MR) is 86.5 cm³/mol. The topological polar surface area (TPSA) is 66.4 Å². The first-order valence-electron chi connectivity index (χ1n) is 7.45. The number of carbonyl (C=O) groups excluding carboxylic acids is 1. The van der Waals surface area contributed by atoms with Crippen LogP contribution in [0.25, 0.3) is 10.8 Å². The molecule has 0 aliphatic rings. The van der Waals surface area contributed by atoms with Gasteiger partial charge >= 0.3 is 5.97 Å². The third kappa shape index (κ3) is 4.32. The van der Waals surface area contributed by atoms with E-state index in [0.717, 1.165) is 16.3 Å². The van der Waals surface area contributed by atoms with Crippen LogP contribution in [-0.4, -0.2) is 17.0 Å². The molecular formula is C18H21NO3. The molecule has 0 heterocycles. The standard InChI is InChI=1S/C18H21NO3/c1-12(2)9-17(20)19-16(11-18(21)22)15-8-7-13-5-3-4-6-14(13)10-15/h3-8,10,12,16H,9,11H2,1-2H3,(H,19,20)(H,21,22)/t16-/m0/s1. The molecule has 2 aromatic rings. The highest BCUT2D eigenvalue weighted by Gasteiger charge is 2.18. The molecule has 0 radical (unpaired) electrons. The third-order valence-electron chi connectivity index (χ3n) is 3.48. The number of rotatable bonds is 6. The van der Waals surface area contributed by atoms with Crippen molar-refractivity contribution in [3.05, 3.63) is 48.0 Å². The van der Waals surface area contributed by atoms with Gasteiger partial charge in [0.05, 0.1) is 12.5 Å². The molecule has 2 aromatic carbocycles. The number of carbonyl (C=O) groups is 2. The molecular weight excluding hydrogens is 278 g/mol. The summed E-state index contributed by atoms with van der Waals surface area (Å²) in [7, 11) is 0. The van der Waals surface area contributed by atoms with E-state index in [4.69, 9.17) is 5.11 Å². The molecule has 4 nitrogen and oxygen atoms in total. The molecule has 0 fully saturated rings. The fourth-order valence-corrected chi connectivity index (χ4v) is 2.48. The maximum Gasteiger partial charge on any atom is 0.305 e. The van der Waals surface area contributed by atoms with Crippen LogP contribution < -0.4 is 5.32 Å². The lowest BCUT2D eigenvalue weighted by molar-refractivity contribution is -0.137. The van der Waals surface area contributed by atoms with Crippen LogP contribution in [0.2, 0.25) is 0 Å². The Balaban J connectivity index is 2.26. The monoisotopic (exact) mass is 299 g/mol. The van der Waals surface area contributed by atoms with Crippen LogP contribution in [0.15, 0.2) is 42.5 Å². The normalized spacial score (nSPS) is 12.3. The molecule has 1 amide bonds. The summed E-state index contributed by atoms with van der Waals surface area (Å²) in [5.74, 6) is -0.806. The fourth-order valence-electron chi connectivity index (χ4n) is 2.48. The van der Waals surface area contributed by atoms with Crippen LogP contribution in [0.5, 0.6) is 0 Å². The van der Waals surface area contributed by atoms with Crippen LogP contribution in [0, 0.1) is 5.92 Å². The van der Waals surface area contributed by atoms with Crippen LogP contribution in [-0.2, 0) is 9.59 Å². The smallest absolute Gasteiger partial charge is 0.305 e. The van der Waals surface area contributed by atoms with Crippen LogP contribution in [0.1, 0.15) is 38.3 Å². The highest BCUT2D eigenvalue weighted by atomic mass is 16.4. The number of hydrogen-bond acceptors (Lipinski definition) is 2. The molecule has 0 bridgehead atoms. The quantitative estimate of drug-likeness (QED) is 0.857. The molecule has 22 heavy (non-hydrogen) atoms. The summed E-state index contributed by atoms with van der Waals surface area (Å²) in [5, 5.41) is 14.1. The molecule has 116 valence electrons. The number of hydrogen-bond donors (Lipinski definition) is 2. The minimum Gasteiger partial charge on any atom is -0.481 e. The van der Waals surface area contributed by atoms with Crippen LogP contribution in [0.3, 0.4) is 0 Å². The van der Waals surface area contributed by atoms with E-state index < -0.39 is 12.0 Å². The minimum absolute atomic E-state index is 0.116. The van der Waals surface area contributed by atoms with Gasteiger partial charge in [-0.05, 0) is 28.3 Å². The van der Waals surface area contributed by atoms with Crippen molar-refractivity contribution in [3.63, 3.8) is 0 Å². The number of carboxylic acids is 1. The van der Waals surface area contributed by atoms with Crippen molar-refractivity contribution < 1.29 is 14.7 Å². The number of fused-ring (bicyclic) bond motifs is 1. The zero-order valence-corrected chi connectivity index (χ0v) is 12.9. The summed E-state index contributed by atoms with van der Waals surface area (Å²) in [4.78, 5) is 23.1. The average molecular weight is 299 g/mol. The number of carboxylic acid groups (broad SMARTS) is 1. The Morgan fingerprint density at radius 2 is 1.73 bits per heavy atom. The van der Waals surface area contributed by atoms with Crippen molar-refractivity contribution in [1.29, 1.82) is 0 Å². The van der Waals surface area contributed by atoms with E-state index in [9.17, 15) is 9.59 Å². The lowest BCUT2D eigenvalue weighted by atomic mass is 9.99. The lowest BCUT2D eigenvalue weighted by Gasteiger charge is -2.19. The molecule has 0 saturated heterocycles. The van der Waals surface area contributed by atoms with E-state index in [0.29, 0.717) is 6.42 Å². The summed E-state index contributed by atoms with van der Waals surface area (Å²) in [6.07, 6.45) is 0.270.